The number of carbonyl (C=O) groups is 9. The largest absolute Gasteiger partial charge is 0.481 e. The van der Waals surface area contributed by atoms with Crippen molar-refractivity contribution < 1.29 is 53.4 Å². The molecule has 1 aliphatic carbocycles. The van der Waals surface area contributed by atoms with Crippen molar-refractivity contribution in [3.63, 3.8) is 0 Å². The van der Waals surface area contributed by atoms with E-state index in [0.717, 1.165) is 11.1 Å². The number of aromatic nitrogens is 1. The predicted octanol–water partition coefficient (Wildman–Crippen LogP) is 1.89. The Morgan fingerprint density at radius 3 is 2.12 bits per heavy atom. The second-order valence-corrected chi connectivity index (χ2v) is 15.2. The molecule has 2 aromatic carbocycles. The summed E-state index contributed by atoms with van der Waals surface area (Å²) >= 11 is 0. The van der Waals surface area contributed by atoms with Gasteiger partial charge in [0.25, 0.3) is 0 Å². The van der Waals surface area contributed by atoms with E-state index < -0.39 is 77.6 Å². The first-order valence-electron chi connectivity index (χ1n) is 20.6. The number of nitrogens with one attached hydrogen (secondary N) is 7. The minimum atomic E-state index is -1.56. The van der Waals surface area contributed by atoms with Gasteiger partial charge in [-0.3, -0.25) is 43.3 Å². The van der Waals surface area contributed by atoms with Gasteiger partial charge >= 0.3 is 18.0 Å². The maximum absolute atomic E-state index is 13.9. The number of aryl methyl sites for hydroxylation is 1. The van der Waals surface area contributed by atoms with Crippen molar-refractivity contribution in [2.24, 2.45) is 5.73 Å². The Bertz CT molecular complexity index is 2200. The van der Waals surface area contributed by atoms with E-state index in [9.17, 15) is 48.3 Å². The Balaban J connectivity index is 1.43. The van der Waals surface area contributed by atoms with E-state index in [1.807, 2.05) is 19.1 Å². The van der Waals surface area contributed by atoms with Crippen LogP contribution in [0.2, 0.25) is 0 Å². The average Bonchev–Trinajstić information content (AvgIpc) is 4.03. The number of pyridine rings is 1. The highest BCUT2D eigenvalue weighted by Gasteiger charge is 2.52. The number of hydrogen-bond donors (Lipinski definition) is 10. The molecule has 0 spiro atoms. The van der Waals surface area contributed by atoms with E-state index in [2.05, 4.69) is 42.2 Å². The molecule has 1 heterocycles. The first kappa shape index (κ1) is 49.0. The molecule has 0 bridgehead atoms. The molecule has 1 fully saturated rings. The molecule has 4 rings (SSSR count). The van der Waals surface area contributed by atoms with Crippen LogP contribution < -0.4 is 43.0 Å². The maximum Gasteiger partial charge on any atom is 0.323 e. The lowest BCUT2D eigenvalue weighted by Crippen LogP contribution is -2.59. The molecule has 11 N–H and O–H groups in total. The van der Waals surface area contributed by atoms with Gasteiger partial charge in [0.1, 0.15) is 23.7 Å². The quantitative estimate of drug-likeness (QED) is 0.0431. The number of urea groups is 1. The lowest BCUT2D eigenvalue weighted by atomic mass is 10.0. The number of primary amides is 1. The average molecular weight is 884 g/mol. The zero-order valence-electron chi connectivity index (χ0n) is 35.2. The Labute approximate surface area is 368 Å². The van der Waals surface area contributed by atoms with Crippen LogP contribution in [-0.4, -0.2) is 98.8 Å². The minimum Gasteiger partial charge on any atom is -0.481 e. The molecule has 1 saturated carbocycles. The number of carboxylic acid groups (broad SMARTS) is 2. The number of carbonyl (C=O) groups excluding carboxylic acids is 7. The molecule has 3 atom stereocenters. The van der Waals surface area contributed by atoms with Gasteiger partial charge < -0.3 is 53.2 Å². The molecule has 1 aliphatic rings. The summed E-state index contributed by atoms with van der Waals surface area (Å²) in [6.07, 6.45) is 5.62. The van der Waals surface area contributed by atoms with Crippen molar-refractivity contribution in [3.8, 4) is 0 Å². The van der Waals surface area contributed by atoms with Crippen molar-refractivity contribution in [1.29, 1.82) is 0 Å². The van der Waals surface area contributed by atoms with Gasteiger partial charge in [-0.2, -0.15) is 0 Å². The lowest BCUT2D eigenvalue weighted by molar-refractivity contribution is -0.140. The maximum atomic E-state index is 13.9. The third-order valence-electron chi connectivity index (χ3n) is 10.0. The Morgan fingerprint density at radius 2 is 1.48 bits per heavy atom. The highest BCUT2D eigenvalue weighted by atomic mass is 16.4. The van der Waals surface area contributed by atoms with Crippen molar-refractivity contribution in [3.05, 3.63) is 95.8 Å². The second kappa shape index (κ2) is 24.1. The Kier molecular flexibility index (Phi) is 18.5. The summed E-state index contributed by atoms with van der Waals surface area (Å²) in [5, 5.41) is 36.8. The van der Waals surface area contributed by atoms with E-state index in [1.165, 1.54) is 6.08 Å². The molecule has 0 unspecified atom stereocenters. The Morgan fingerprint density at radius 1 is 0.781 bits per heavy atom. The van der Waals surface area contributed by atoms with Crippen LogP contribution in [0, 0.1) is 6.92 Å². The summed E-state index contributed by atoms with van der Waals surface area (Å²) in [6.45, 7) is 2.09. The number of hydrogen-bond acceptors (Lipinski definition) is 10. The zero-order valence-corrected chi connectivity index (χ0v) is 35.2. The van der Waals surface area contributed by atoms with E-state index in [1.54, 1.807) is 67.0 Å². The van der Waals surface area contributed by atoms with Gasteiger partial charge in [0.15, 0.2) is 0 Å². The summed E-state index contributed by atoms with van der Waals surface area (Å²) in [4.78, 5) is 118. The number of nitrogens with two attached hydrogens (primary N) is 1. The molecule has 340 valence electrons. The lowest BCUT2D eigenvalue weighted by Gasteiger charge is -2.26. The molecule has 3 aromatic rings. The van der Waals surface area contributed by atoms with Gasteiger partial charge in [0.05, 0.1) is 12.8 Å². The van der Waals surface area contributed by atoms with Gasteiger partial charge in [-0.25, -0.2) is 4.79 Å². The van der Waals surface area contributed by atoms with Crippen LogP contribution >= 0.6 is 0 Å². The third kappa shape index (κ3) is 16.7. The molecule has 8 amide bonds. The molecule has 1 aromatic heterocycles. The summed E-state index contributed by atoms with van der Waals surface area (Å²) < 4.78 is 0. The fourth-order valence-corrected chi connectivity index (χ4v) is 6.34. The monoisotopic (exact) mass is 883 g/mol. The fraction of sp³-hybridized carbons (Fsp3) is 0.364. The van der Waals surface area contributed by atoms with Crippen LogP contribution in [0.4, 0.5) is 16.2 Å². The number of carboxylic acids is 2. The van der Waals surface area contributed by atoms with E-state index in [4.69, 9.17) is 10.8 Å². The first-order valence-corrected chi connectivity index (χ1v) is 20.6. The number of nitrogens with zero attached hydrogens (tertiary/aromatic N) is 1. The van der Waals surface area contributed by atoms with Gasteiger partial charge in [0, 0.05) is 42.8 Å². The Hall–Kier alpha value is -7.64. The first-order chi connectivity index (χ1) is 30.5. The zero-order chi connectivity index (χ0) is 46.6. The number of para-hydroxylation sites is 1. The van der Waals surface area contributed by atoms with E-state index in [-0.39, 0.29) is 57.4 Å². The SMILES string of the molecule is Cc1ccccc1NC(=O)Nc1ccc(CC(=O)N[C@@H](CCCCNC(=O)/C=C/c2cccnc2)C(=O)N[C@@H](CCCC(=O)O)C(=O)NC2(C(=O)N[C@H](CC(=O)O)C(N)=O)CC2)cc1. The summed E-state index contributed by atoms with van der Waals surface area (Å²) in [7, 11) is 0. The van der Waals surface area contributed by atoms with E-state index >= 15 is 0 Å². The number of amides is 8. The van der Waals surface area contributed by atoms with Crippen LogP contribution in [0.25, 0.3) is 6.08 Å². The molecule has 0 radical (unpaired) electrons. The van der Waals surface area contributed by atoms with Gasteiger partial charge in [0.2, 0.25) is 35.4 Å². The normalized spacial score (nSPS) is 13.8. The van der Waals surface area contributed by atoms with Gasteiger partial charge in [-0.15, -0.1) is 0 Å². The number of anilines is 2. The van der Waals surface area contributed by atoms with Crippen LogP contribution in [0.3, 0.4) is 0 Å². The summed E-state index contributed by atoms with van der Waals surface area (Å²) in [5.74, 6) is -7.06. The van der Waals surface area contributed by atoms with Crippen molar-refractivity contribution in [1.82, 2.24) is 31.6 Å². The highest BCUT2D eigenvalue weighted by Crippen LogP contribution is 2.36. The summed E-state index contributed by atoms with van der Waals surface area (Å²) in [6, 6.07) is 12.6. The molecule has 64 heavy (non-hydrogen) atoms. The van der Waals surface area contributed by atoms with Crippen LogP contribution in [-0.2, 0) is 44.8 Å². The molecule has 0 saturated heterocycles. The van der Waals surface area contributed by atoms with Crippen molar-refractivity contribution >= 4 is 70.9 Å². The fourth-order valence-electron chi connectivity index (χ4n) is 6.34. The standard InChI is InChI=1S/C44H53N9O11/c1-27-8-2-3-10-31(27)52-43(64)48-30-17-14-28(15-18-30)24-36(55)49-32(11-4-5-23-47-35(54)19-16-29-9-7-22-46-26-29)40(61)50-33(12-6-13-37(56)57)41(62)53-44(20-21-44)42(63)51-34(39(45)60)25-38(58)59/h2-3,7-10,14-19,22,26,32-34H,4-6,11-13,20-21,23-25H2,1H3,(H2,45,60)(H,47,54)(H,49,55)(H,50,61)(H,51,63)(H,53,62)(H,56,57)(H,58,59)(H2,48,52,64)/b19-16+/t32-,33-,34+/m0/s1. The highest BCUT2D eigenvalue weighted by molar-refractivity contribution is 6.01. The smallest absolute Gasteiger partial charge is 0.323 e. The molecule has 20 heteroatoms. The number of aliphatic carboxylic acids is 2. The van der Waals surface area contributed by atoms with Crippen LogP contribution in [0.5, 0.6) is 0 Å². The predicted molar refractivity (Wildman–Crippen MR) is 233 cm³/mol. The molecule has 20 nitrogen and oxygen atoms in total. The van der Waals surface area contributed by atoms with E-state index in [0.29, 0.717) is 29.8 Å². The van der Waals surface area contributed by atoms with Crippen LogP contribution in [0.15, 0.2) is 79.1 Å². The third-order valence-corrected chi connectivity index (χ3v) is 10.0. The minimum absolute atomic E-state index is 0.0559. The molecular formula is C44H53N9O11. The van der Waals surface area contributed by atoms with Gasteiger partial charge in [-0.1, -0.05) is 36.4 Å². The molecular weight excluding hydrogens is 831 g/mol. The second-order valence-electron chi connectivity index (χ2n) is 15.2. The number of benzene rings is 2. The number of unbranched alkanes of at least 4 members (excludes halogenated alkanes) is 1. The van der Waals surface area contributed by atoms with Crippen LogP contribution in [0.1, 0.15) is 74.5 Å². The van der Waals surface area contributed by atoms with Crippen molar-refractivity contribution in [2.45, 2.75) is 94.8 Å². The number of rotatable bonds is 25. The van der Waals surface area contributed by atoms with Crippen molar-refractivity contribution in [2.75, 3.05) is 17.2 Å². The topological polar surface area (TPSA) is 317 Å². The van der Waals surface area contributed by atoms with Gasteiger partial charge in [-0.05, 0) is 98.9 Å². The molecule has 0 aliphatic heterocycles. The summed E-state index contributed by atoms with van der Waals surface area (Å²) in [5.41, 5.74) is 6.97.